The van der Waals surface area contributed by atoms with Crippen LogP contribution in [0.2, 0.25) is 0 Å². The summed E-state index contributed by atoms with van der Waals surface area (Å²) in [4.78, 5) is 0. The van der Waals surface area contributed by atoms with Gasteiger partial charge in [0.2, 0.25) is 0 Å². The summed E-state index contributed by atoms with van der Waals surface area (Å²) in [6.45, 7) is 1.95. The molecule has 6 aromatic rings. The van der Waals surface area contributed by atoms with E-state index in [1.54, 1.807) is 0 Å². The highest BCUT2D eigenvalue weighted by Crippen LogP contribution is 2.34. The minimum absolute atomic E-state index is 0.0177. The lowest BCUT2D eigenvalue weighted by Crippen LogP contribution is -2.62. The van der Waals surface area contributed by atoms with E-state index in [0.29, 0.717) is 19.8 Å². The lowest BCUT2D eigenvalue weighted by molar-refractivity contribution is -0.332. The van der Waals surface area contributed by atoms with Gasteiger partial charge in [-0.05, 0) is 33.4 Å². The van der Waals surface area contributed by atoms with E-state index in [2.05, 4.69) is 0 Å². The maximum absolute atomic E-state index is 11.4. The second kappa shape index (κ2) is 23.6. The van der Waals surface area contributed by atoms with Gasteiger partial charge in [0.1, 0.15) is 42.7 Å². The normalized spacial score (nSPS) is 24.6. The SMILES string of the molecule is O[C@@H]1O[C@H](CO[C@H]2O[C@H](COCc3ccccc3)[C@@H](OCc3ccccc3)[C@H](OCc3ccccc3)[C@H]2OCc2ccccc2)[C@@H](OCc2ccccc2)[C@H]1OCc1ccccc1. The van der Waals surface area contributed by atoms with Crippen molar-refractivity contribution in [2.75, 3.05) is 13.2 Å². The lowest BCUT2D eigenvalue weighted by atomic mass is 9.97. The van der Waals surface area contributed by atoms with Gasteiger partial charge in [0.15, 0.2) is 12.6 Å². The van der Waals surface area contributed by atoms with Crippen LogP contribution in [-0.4, -0.2) is 73.6 Å². The smallest absolute Gasteiger partial charge is 0.187 e. The maximum atomic E-state index is 11.4. The Morgan fingerprint density at radius 2 is 0.635 bits per heavy atom. The molecule has 10 heteroatoms. The number of hydrogen-bond acceptors (Lipinski definition) is 10. The van der Waals surface area contributed by atoms with Crippen molar-refractivity contribution in [2.24, 2.45) is 0 Å². The maximum Gasteiger partial charge on any atom is 0.187 e. The molecule has 2 fully saturated rings. The quantitative estimate of drug-likeness (QED) is 0.0715. The molecule has 2 heterocycles. The van der Waals surface area contributed by atoms with E-state index in [9.17, 15) is 5.11 Å². The molecule has 2 aliphatic rings. The minimum atomic E-state index is -1.27. The van der Waals surface area contributed by atoms with E-state index >= 15 is 0 Å². The van der Waals surface area contributed by atoms with Crippen LogP contribution in [-0.2, 0) is 82.3 Å². The molecule has 9 atom stereocenters. The number of rotatable bonds is 22. The Bertz CT molecular complexity index is 2150. The summed E-state index contributed by atoms with van der Waals surface area (Å²) in [5.41, 5.74) is 5.95. The van der Waals surface area contributed by atoms with Crippen LogP contribution in [0.3, 0.4) is 0 Å². The van der Waals surface area contributed by atoms with Gasteiger partial charge in [0.05, 0.1) is 52.9 Å². The van der Waals surface area contributed by atoms with Crippen LogP contribution >= 0.6 is 0 Å². The molecule has 10 nitrogen and oxygen atoms in total. The summed E-state index contributed by atoms with van der Waals surface area (Å²) in [5, 5.41) is 11.4. The molecule has 0 unspecified atom stereocenters. The summed E-state index contributed by atoms with van der Waals surface area (Å²) in [7, 11) is 0. The standard InChI is InChI=1S/C53H56O10/c54-52-50(59-35-43-27-15-5-16-28-43)48(57-33-41-23-11-3-12-24-41)46(62-52)38-61-53-51(60-36-44-29-17-6-18-30-44)49(58-34-42-25-13-4-14-26-42)47(56-32-40-21-9-2-10-22-40)45(63-53)37-55-31-39-19-7-1-8-20-39/h1-30,45-54H,31-38H2/t45-,46-,47-,48-,49+,50-,51-,52-,53+/m1/s1. The summed E-state index contributed by atoms with van der Waals surface area (Å²) in [6, 6.07) is 59.7. The molecular formula is C53H56O10. The van der Waals surface area contributed by atoms with Gasteiger partial charge in [-0.25, -0.2) is 0 Å². The van der Waals surface area contributed by atoms with Gasteiger partial charge in [-0.2, -0.15) is 0 Å². The highest BCUT2D eigenvalue weighted by atomic mass is 16.7. The third-order valence-corrected chi connectivity index (χ3v) is 11.1. The fourth-order valence-corrected chi connectivity index (χ4v) is 7.83. The van der Waals surface area contributed by atoms with Gasteiger partial charge in [-0.15, -0.1) is 0 Å². The van der Waals surface area contributed by atoms with E-state index in [-0.39, 0.29) is 33.0 Å². The first kappa shape index (κ1) is 44.5. The Morgan fingerprint density at radius 3 is 1.05 bits per heavy atom. The molecule has 6 aromatic carbocycles. The average Bonchev–Trinajstić information content (AvgIpc) is 3.65. The van der Waals surface area contributed by atoms with E-state index in [1.807, 2.05) is 182 Å². The number of ether oxygens (including phenoxy) is 9. The Balaban J connectivity index is 1.08. The molecule has 0 saturated carbocycles. The van der Waals surface area contributed by atoms with Crippen LogP contribution in [0.15, 0.2) is 182 Å². The monoisotopic (exact) mass is 852 g/mol. The zero-order valence-electron chi connectivity index (χ0n) is 35.3. The van der Waals surface area contributed by atoms with E-state index < -0.39 is 55.3 Å². The zero-order chi connectivity index (χ0) is 42.9. The number of aliphatic hydroxyl groups is 1. The summed E-state index contributed by atoms with van der Waals surface area (Å²) in [5.74, 6) is 0. The molecule has 328 valence electrons. The molecule has 8 rings (SSSR count). The van der Waals surface area contributed by atoms with Crippen molar-refractivity contribution in [3.8, 4) is 0 Å². The van der Waals surface area contributed by atoms with E-state index in [0.717, 1.165) is 33.4 Å². The molecule has 0 aliphatic carbocycles. The molecule has 2 saturated heterocycles. The molecule has 0 bridgehead atoms. The predicted molar refractivity (Wildman–Crippen MR) is 237 cm³/mol. The van der Waals surface area contributed by atoms with Crippen molar-refractivity contribution >= 4 is 0 Å². The number of aliphatic hydroxyl groups excluding tert-OH is 1. The molecular weight excluding hydrogens is 797 g/mol. The molecule has 1 N–H and O–H groups in total. The first-order valence-corrected chi connectivity index (χ1v) is 21.7. The Morgan fingerprint density at radius 1 is 0.317 bits per heavy atom. The van der Waals surface area contributed by atoms with E-state index in [1.165, 1.54) is 0 Å². The fourth-order valence-electron chi connectivity index (χ4n) is 7.83. The van der Waals surface area contributed by atoms with Crippen LogP contribution in [0.4, 0.5) is 0 Å². The van der Waals surface area contributed by atoms with Crippen LogP contribution < -0.4 is 0 Å². The molecule has 2 aliphatic heterocycles. The fraction of sp³-hybridized carbons (Fsp3) is 0.321. The van der Waals surface area contributed by atoms with Crippen molar-refractivity contribution in [3.63, 3.8) is 0 Å². The highest BCUT2D eigenvalue weighted by Gasteiger charge is 2.51. The second-order valence-corrected chi connectivity index (χ2v) is 15.7. The third-order valence-electron chi connectivity index (χ3n) is 11.1. The Hall–Kier alpha value is -5.08. The van der Waals surface area contributed by atoms with Crippen molar-refractivity contribution < 1.29 is 47.7 Å². The number of benzene rings is 6. The molecule has 0 amide bonds. The average molecular weight is 853 g/mol. The van der Waals surface area contributed by atoms with Gasteiger partial charge < -0.3 is 47.7 Å². The van der Waals surface area contributed by atoms with Gasteiger partial charge in [-0.3, -0.25) is 0 Å². The summed E-state index contributed by atoms with van der Waals surface area (Å²) >= 11 is 0. The first-order valence-electron chi connectivity index (χ1n) is 21.7. The minimum Gasteiger partial charge on any atom is -0.374 e. The van der Waals surface area contributed by atoms with Crippen LogP contribution in [0.25, 0.3) is 0 Å². The van der Waals surface area contributed by atoms with Crippen LogP contribution in [0.1, 0.15) is 33.4 Å². The topological polar surface area (TPSA) is 103 Å². The molecule has 0 radical (unpaired) electrons. The van der Waals surface area contributed by atoms with Gasteiger partial charge in [-0.1, -0.05) is 182 Å². The highest BCUT2D eigenvalue weighted by molar-refractivity contribution is 5.18. The van der Waals surface area contributed by atoms with Crippen molar-refractivity contribution in [1.29, 1.82) is 0 Å². The molecule has 0 aromatic heterocycles. The number of hydrogen-bond donors (Lipinski definition) is 1. The van der Waals surface area contributed by atoms with Gasteiger partial charge >= 0.3 is 0 Å². The Kier molecular flexibility index (Phi) is 16.7. The van der Waals surface area contributed by atoms with Crippen molar-refractivity contribution in [2.45, 2.75) is 94.9 Å². The predicted octanol–water partition coefficient (Wildman–Crippen LogP) is 8.59. The largest absolute Gasteiger partial charge is 0.374 e. The van der Waals surface area contributed by atoms with Crippen LogP contribution in [0, 0.1) is 0 Å². The van der Waals surface area contributed by atoms with Gasteiger partial charge in [0, 0.05) is 0 Å². The van der Waals surface area contributed by atoms with Crippen LogP contribution in [0.5, 0.6) is 0 Å². The zero-order valence-corrected chi connectivity index (χ0v) is 35.3. The van der Waals surface area contributed by atoms with Crippen molar-refractivity contribution in [3.05, 3.63) is 215 Å². The molecule has 63 heavy (non-hydrogen) atoms. The van der Waals surface area contributed by atoms with Gasteiger partial charge in [0.25, 0.3) is 0 Å². The third kappa shape index (κ3) is 13.0. The lowest BCUT2D eigenvalue weighted by Gasteiger charge is -2.46. The van der Waals surface area contributed by atoms with Crippen molar-refractivity contribution in [1.82, 2.24) is 0 Å². The summed E-state index contributed by atoms with van der Waals surface area (Å²) in [6.07, 6.45) is -7.18. The first-order chi connectivity index (χ1) is 31.2. The summed E-state index contributed by atoms with van der Waals surface area (Å²) < 4.78 is 59.7. The van der Waals surface area contributed by atoms with E-state index in [4.69, 9.17) is 42.6 Å². The Labute approximate surface area is 370 Å². The molecule has 0 spiro atoms. The second-order valence-electron chi connectivity index (χ2n) is 15.7.